The van der Waals surface area contributed by atoms with Crippen molar-refractivity contribution in [2.45, 2.75) is 0 Å². The van der Waals surface area contributed by atoms with E-state index in [4.69, 9.17) is 0 Å². The van der Waals surface area contributed by atoms with Gasteiger partial charge in [-0.15, -0.1) is 0 Å². The minimum absolute atomic E-state index is 1.14. The summed E-state index contributed by atoms with van der Waals surface area (Å²) < 4.78 is 0. The molecule has 0 spiro atoms. The van der Waals surface area contributed by atoms with Crippen molar-refractivity contribution >= 4 is 17.1 Å². The molecule has 0 saturated heterocycles. The lowest BCUT2D eigenvalue weighted by Crippen LogP contribution is -2.01. The van der Waals surface area contributed by atoms with Crippen LogP contribution in [0.15, 0.2) is 35.6 Å². The van der Waals surface area contributed by atoms with E-state index in [1.807, 2.05) is 32.6 Å². The van der Waals surface area contributed by atoms with E-state index in [1.165, 1.54) is 5.39 Å². The maximum atomic E-state index is 4.22. The smallest absolute Gasteiger partial charge is 0.0549 e. The van der Waals surface area contributed by atoms with Crippen LogP contribution in [0.3, 0.4) is 0 Å². The molecule has 0 radical (unpaired) electrons. The lowest BCUT2D eigenvalue weighted by Gasteiger charge is -2.02. The minimum Gasteiger partial charge on any atom is -0.361 e. The van der Waals surface area contributed by atoms with Crippen LogP contribution in [0, 0.1) is 0 Å². The number of benzene rings is 1. The molecule has 3 heteroatoms. The van der Waals surface area contributed by atoms with Crippen molar-refractivity contribution in [3.05, 3.63) is 36.0 Å². The quantitative estimate of drug-likeness (QED) is 0.566. The van der Waals surface area contributed by atoms with E-state index in [9.17, 15) is 0 Å². The summed E-state index contributed by atoms with van der Waals surface area (Å²) in [7, 11) is 3.82. The normalized spacial score (nSPS) is 11.3. The molecule has 0 bridgehead atoms. The van der Waals surface area contributed by atoms with Gasteiger partial charge in [0.05, 0.1) is 6.21 Å². The largest absolute Gasteiger partial charge is 0.361 e. The highest BCUT2D eigenvalue weighted by Crippen LogP contribution is 2.15. The van der Waals surface area contributed by atoms with Crippen molar-refractivity contribution in [3.63, 3.8) is 0 Å². The van der Waals surface area contributed by atoms with E-state index >= 15 is 0 Å². The third-order valence-corrected chi connectivity index (χ3v) is 2.06. The Morgan fingerprint density at radius 2 is 2.14 bits per heavy atom. The summed E-state index contributed by atoms with van der Waals surface area (Å²) in [4.78, 5) is 3.17. The van der Waals surface area contributed by atoms with Crippen LogP contribution >= 0.6 is 0 Å². The van der Waals surface area contributed by atoms with Crippen molar-refractivity contribution in [1.82, 2.24) is 9.99 Å². The van der Waals surface area contributed by atoms with Crippen LogP contribution < -0.4 is 0 Å². The summed E-state index contributed by atoms with van der Waals surface area (Å²) >= 11 is 0. The zero-order valence-electron chi connectivity index (χ0n) is 8.36. The Kier molecular flexibility index (Phi) is 2.23. The van der Waals surface area contributed by atoms with Gasteiger partial charge in [0.15, 0.2) is 0 Å². The maximum absolute atomic E-state index is 4.22. The molecule has 0 aliphatic heterocycles. The van der Waals surface area contributed by atoms with E-state index in [1.54, 1.807) is 5.01 Å². The van der Waals surface area contributed by atoms with Crippen LogP contribution in [0.1, 0.15) is 5.56 Å². The van der Waals surface area contributed by atoms with Crippen LogP contribution in [0.25, 0.3) is 10.9 Å². The molecule has 72 valence electrons. The molecule has 0 aliphatic carbocycles. The SMILES string of the molecule is CN(C)N=Cc1cccc2[nH]ccc12. The first-order valence-corrected chi connectivity index (χ1v) is 4.55. The predicted octanol–water partition coefficient (Wildman–Crippen LogP) is 2.06. The van der Waals surface area contributed by atoms with Gasteiger partial charge >= 0.3 is 0 Å². The van der Waals surface area contributed by atoms with E-state index in [-0.39, 0.29) is 0 Å². The predicted molar refractivity (Wildman–Crippen MR) is 59.6 cm³/mol. The number of fused-ring (bicyclic) bond motifs is 1. The molecule has 14 heavy (non-hydrogen) atoms. The monoisotopic (exact) mass is 187 g/mol. The van der Waals surface area contributed by atoms with Crippen LogP contribution in [0.2, 0.25) is 0 Å². The van der Waals surface area contributed by atoms with Gasteiger partial charge in [-0.25, -0.2) is 0 Å². The van der Waals surface area contributed by atoms with Crippen molar-refractivity contribution < 1.29 is 0 Å². The van der Waals surface area contributed by atoms with Gasteiger partial charge in [0.25, 0.3) is 0 Å². The molecular formula is C11H13N3. The van der Waals surface area contributed by atoms with Gasteiger partial charge in [0, 0.05) is 36.8 Å². The fraction of sp³-hybridized carbons (Fsp3) is 0.182. The highest BCUT2D eigenvalue weighted by Gasteiger charge is 1.97. The van der Waals surface area contributed by atoms with Crippen LogP contribution in [-0.2, 0) is 0 Å². The number of rotatable bonds is 2. The number of aromatic nitrogens is 1. The molecule has 0 saturated carbocycles. The summed E-state index contributed by atoms with van der Waals surface area (Å²) in [5, 5.41) is 7.21. The summed E-state index contributed by atoms with van der Waals surface area (Å²) in [6.07, 6.45) is 3.81. The van der Waals surface area contributed by atoms with E-state index in [0.717, 1.165) is 11.1 Å². The highest BCUT2D eigenvalue weighted by molar-refractivity contribution is 5.98. The first-order chi connectivity index (χ1) is 6.77. The van der Waals surface area contributed by atoms with E-state index in [0.29, 0.717) is 0 Å². The Labute approximate surface area is 83.0 Å². The third-order valence-electron chi connectivity index (χ3n) is 2.06. The van der Waals surface area contributed by atoms with Gasteiger partial charge in [0.2, 0.25) is 0 Å². The summed E-state index contributed by atoms with van der Waals surface area (Å²) in [6.45, 7) is 0. The van der Waals surface area contributed by atoms with Gasteiger partial charge in [-0.05, 0) is 12.1 Å². The molecule has 1 N–H and O–H groups in total. The molecule has 2 rings (SSSR count). The van der Waals surface area contributed by atoms with Crippen LogP contribution in [0.5, 0.6) is 0 Å². The molecule has 0 amide bonds. The van der Waals surface area contributed by atoms with Crippen molar-refractivity contribution in [3.8, 4) is 0 Å². The maximum Gasteiger partial charge on any atom is 0.0549 e. The minimum atomic E-state index is 1.14. The first-order valence-electron chi connectivity index (χ1n) is 4.55. The number of H-pyrrole nitrogens is 1. The second-order valence-electron chi connectivity index (χ2n) is 3.38. The number of aromatic amines is 1. The molecule has 1 heterocycles. The number of hydrogen-bond acceptors (Lipinski definition) is 2. The fourth-order valence-electron chi connectivity index (χ4n) is 1.40. The first kappa shape index (κ1) is 8.81. The molecule has 0 unspecified atom stereocenters. The van der Waals surface area contributed by atoms with Gasteiger partial charge < -0.3 is 9.99 Å². The number of nitrogens with one attached hydrogen (secondary N) is 1. The standard InChI is InChI=1S/C11H13N3/c1-14(2)13-8-9-4-3-5-11-10(9)6-7-12-11/h3-8,12H,1-2H3. The summed E-state index contributed by atoms with van der Waals surface area (Å²) in [5.74, 6) is 0. The average molecular weight is 187 g/mol. The molecule has 0 aliphatic rings. The van der Waals surface area contributed by atoms with Gasteiger partial charge in [-0.1, -0.05) is 12.1 Å². The molecule has 3 nitrogen and oxygen atoms in total. The Balaban J connectivity index is 2.46. The lowest BCUT2D eigenvalue weighted by molar-refractivity contribution is 0.440. The lowest BCUT2D eigenvalue weighted by atomic mass is 10.1. The Morgan fingerprint density at radius 3 is 2.93 bits per heavy atom. The van der Waals surface area contributed by atoms with Gasteiger partial charge in [0.1, 0.15) is 0 Å². The number of hydrazone groups is 1. The molecule has 0 fully saturated rings. The Hall–Kier alpha value is -1.77. The Morgan fingerprint density at radius 1 is 1.29 bits per heavy atom. The summed E-state index contributed by atoms with van der Waals surface area (Å²) in [6, 6.07) is 8.20. The molecule has 0 atom stereocenters. The van der Waals surface area contributed by atoms with E-state index in [2.05, 4.69) is 28.3 Å². The second-order valence-corrected chi connectivity index (χ2v) is 3.38. The molecule has 1 aromatic carbocycles. The molecule has 2 aromatic rings. The van der Waals surface area contributed by atoms with Crippen molar-refractivity contribution in [2.75, 3.05) is 14.1 Å². The Bertz CT molecular complexity index is 454. The van der Waals surface area contributed by atoms with Crippen LogP contribution in [0.4, 0.5) is 0 Å². The number of nitrogens with zero attached hydrogens (tertiary/aromatic N) is 2. The zero-order valence-corrected chi connectivity index (χ0v) is 8.36. The van der Waals surface area contributed by atoms with E-state index < -0.39 is 0 Å². The second kappa shape index (κ2) is 3.54. The van der Waals surface area contributed by atoms with Crippen molar-refractivity contribution in [2.24, 2.45) is 5.10 Å². The number of hydrogen-bond donors (Lipinski definition) is 1. The van der Waals surface area contributed by atoms with Crippen molar-refractivity contribution in [1.29, 1.82) is 0 Å². The topological polar surface area (TPSA) is 31.4 Å². The fourth-order valence-corrected chi connectivity index (χ4v) is 1.40. The summed E-state index contributed by atoms with van der Waals surface area (Å²) in [5.41, 5.74) is 2.28. The molecular weight excluding hydrogens is 174 g/mol. The highest BCUT2D eigenvalue weighted by atomic mass is 15.4. The van der Waals surface area contributed by atoms with Gasteiger partial charge in [-0.3, -0.25) is 0 Å². The third kappa shape index (κ3) is 1.62. The average Bonchev–Trinajstić information content (AvgIpc) is 2.62. The zero-order chi connectivity index (χ0) is 9.97. The van der Waals surface area contributed by atoms with Crippen LogP contribution in [-0.4, -0.2) is 30.3 Å². The molecule has 1 aromatic heterocycles. The van der Waals surface area contributed by atoms with Gasteiger partial charge in [-0.2, -0.15) is 5.10 Å².